The number of ether oxygens (including phenoxy) is 1. The van der Waals surface area contributed by atoms with E-state index in [1.807, 2.05) is 0 Å². The number of anilines is 1. The van der Waals surface area contributed by atoms with Crippen LogP contribution in [-0.4, -0.2) is 35.6 Å². The molecule has 1 aromatic heterocycles. The van der Waals surface area contributed by atoms with Crippen molar-refractivity contribution in [3.63, 3.8) is 0 Å². The Labute approximate surface area is 113 Å². The Kier molecular flexibility index (Phi) is 5.46. The third-order valence-corrected chi connectivity index (χ3v) is 2.96. The maximum absolute atomic E-state index is 11.6. The minimum Gasteiger partial charge on any atom is -0.481 e. The molecule has 0 aromatic carbocycles. The number of nitrogens with one attached hydrogen (secondary N) is 1. The van der Waals surface area contributed by atoms with Crippen LogP contribution in [0.25, 0.3) is 0 Å². The zero-order valence-corrected chi connectivity index (χ0v) is 11.0. The lowest BCUT2D eigenvalue weighted by molar-refractivity contribution is -0.138. The van der Waals surface area contributed by atoms with Crippen LogP contribution in [0.1, 0.15) is 23.7 Å². The molecule has 1 aromatic rings. The number of aliphatic carboxylic acids is 1. The minimum absolute atomic E-state index is 0.223. The molecule has 0 saturated carbocycles. The summed E-state index contributed by atoms with van der Waals surface area (Å²) in [7, 11) is 0. The predicted molar refractivity (Wildman–Crippen MR) is 69.1 cm³/mol. The summed E-state index contributed by atoms with van der Waals surface area (Å²) in [6, 6.07) is 0.343. The lowest BCUT2D eigenvalue weighted by Crippen LogP contribution is -2.37. The molecular formula is C11H14N2O5S. The monoisotopic (exact) mass is 286 g/mol. The molecule has 0 radical (unpaired) electrons. The number of carboxylic acids is 1. The highest BCUT2D eigenvalue weighted by molar-refractivity contribution is 7.14. The molecule has 8 heteroatoms. The number of hydrogen-bond donors (Lipinski definition) is 3. The van der Waals surface area contributed by atoms with E-state index in [-0.39, 0.29) is 12.2 Å². The van der Waals surface area contributed by atoms with Gasteiger partial charge in [-0.3, -0.25) is 9.59 Å². The van der Waals surface area contributed by atoms with Crippen molar-refractivity contribution in [1.82, 2.24) is 0 Å². The van der Waals surface area contributed by atoms with E-state index < -0.39 is 30.3 Å². The smallest absolute Gasteiger partial charge is 0.341 e. The summed E-state index contributed by atoms with van der Waals surface area (Å²) >= 11 is 1.13. The molecular weight excluding hydrogens is 272 g/mol. The number of amides is 1. The van der Waals surface area contributed by atoms with Crippen LogP contribution in [0.2, 0.25) is 0 Å². The van der Waals surface area contributed by atoms with Crippen molar-refractivity contribution >= 4 is 34.2 Å². The second kappa shape index (κ2) is 6.86. The number of carbonyl (C=O) groups is 3. The van der Waals surface area contributed by atoms with Crippen LogP contribution in [0.4, 0.5) is 5.00 Å². The lowest BCUT2D eigenvalue weighted by atomic mass is 10.2. The molecule has 7 nitrogen and oxygen atoms in total. The highest BCUT2D eigenvalue weighted by atomic mass is 32.1. The molecule has 1 amide bonds. The maximum Gasteiger partial charge on any atom is 0.341 e. The molecule has 1 heterocycles. The van der Waals surface area contributed by atoms with E-state index >= 15 is 0 Å². The fourth-order valence-electron chi connectivity index (χ4n) is 1.26. The molecule has 1 unspecified atom stereocenters. The van der Waals surface area contributed by atoms with E-state index in [2.05, 4.69) is 5.32 Å². The van der Waals surface area contributed by atoms with Gasteiger partial charge in [0, 0.05) is 0 Å². The predicted octanol–water partition coefficient (Wildman–Crippen LogP) is 0.665. The number of esters is 1. The van der Waals surface area contributed by atoms with E-state index in [1.165, 1.54) is 6.07 Å². The van der Waals surface area contributed by atoms with Gasteiger partial charge in [-0.2, -0.15) is 0 Å². The first-order valence-electron chi connectivity index (χ1n) is 5.48. The van der Waals surface area contributed by atoms with Gasteiger partial charge >= 0.3 is 11.9 Å². The van der Waals surface area contributed by atoms with Crippen molar-refractivity contribution in [1.29, 1.82) is 0 Å². The van der Waals surface area contributed by atoms with Crippen LogP contribution < -0.4 is 11.1 Å². The molecule has 1 atom stereocenters. The summed E-state index contributed by atoms with van der Waals surface area (Å²) < 4.78 is 4.82. The van der Waals surface area contributed by atoms with Gasteiger partial charge in [0.1, 0.15) is 5.00 Å². The quantitative estimate of drug-likeness (QED) is 0.661. The molecule has 19 heavy (non-hydrogen) atoms. The van der Waals surface area contributed by atoms with Crippen LogP contribution in [0, 0.1) is 0 Å². The van der Waals surface area contributed by atoms with Crippen molar-refractivity contribution in [2.75, 3.05) is 11.9 Å². The minimum atomic E-state index is -1.17. The number of rotatable bonds is 6. The van der Waals surface area contributed by atoms with Crippen molar-refractivity contribution in [3.8, 4) is 0 Å². The summed E-state index contributed by atoms with van der Waals surface area (Å²) in [5, 5.41) is 12.9. The average molecular weight is 286 g/mol. The van der Waals surface area contributed by atoms with Gasteiger partial charge in [0.15, 0.2) is 0 Å². The SMILES string of the molecule is CCOC(=O)c1ccsc1NC(=O)C(N)CC(=O)O. The standard InChI is InChI=1S/C11H14N2O5S/c1-2-18-11(17)6-3-4-19-10(6)13-9(16)7(12)5-8(14)15/h3-4,7H,2,5,12H2,1H3,(H,13,16)(H,14,15). The molecule has 0 aliphatic carbocycles. The Balaban J connectivity index is 2.72. The lowest BCUT2D eigenvalue weighted by Gasteiger charge is -2.10. The van der Waals surface area contributed by atoms with Gasteiger partial charge in [0.2, 0.25) is 5.91 Å². The summed E-state index contributed by atoms with van der Waals surface area (Å²) in [5.74, 6) is -2.37. The molecule has 0 fully saturated rings. The van der Waals surface area contributed by atoms with E-state index in [0.29, 0.717) is 5.00 Å². The zero-order valence-electron chi connectivity index (χ0n) is 10.2. The number of carboxylic acid groups (broad SMARTS) is 1. The molecule has 0 aliphatic rings. The molecule has 0 bridgehead atoms. The average Bonchev–Trinajstić information content (AvgIpc) is 2.76. The number of nitrogens with two attached hydrogens (primary N) is 1. The molecule has 1 rings (SSSR count). The topological polar surface area (TPSA) is 119 Å². The van der Waals surface area contributed by atoms with Crippen LogP contribution in [0.15, 0.2) is 11.4 Å². The van der Waals surface area contributed by atoms with Crippen molar-refractivity contribution in [2.45, 2.75) is 19.4 Å². The van der Waals surface area contributed by atoms with Gasteiger partial charge in [0.25, 0.3) is 0 Å². The summed E-state index contributed by atoms with van der Waals surface area (Å²) in [5.41, 5.74) is 5.64. The third-order valence-electron chi connectivity index (χ3n) is 2.13. The van der Waals surface area contributed by atoms with Crippen LogP contribution in [0.3, 0.4) is 0 Å². The highest BCUT2D eigenvalue weighted by Gasteiger charge is 2.21. The highest BCUT2D eigenvalue weighted by Crippen LogP contribution is 2.24. The Morgan fingerprint density at radius 2 is 2.21 bits per heavy atom. The Morgan fingerprint density at radius 3 is 2.79 bits per heavy atom. The Morgan fingerprint density at radius 1 is 1.53 bits per heavy atom. The largest absolute Gasteiger partial charge is 0.481 e. The molecule has 4 N–H and O–H groups in total. The van der Waals surface area contributed by atoms with E-state index in [9.17, 15) is 14.4 Å². The number of hydrogen-bond acceptors (Lipinski definition) is 6. The summed E-state index contributed by atoms with van der Waals surface area (Å²) in [6.07, 6.45) is -0.480. The normalized spacial score (nSPS) is 11.7. The fourth-order valence-corrected chi connectivity index (χ4v) is 2.04. The van der Waals surface area contributed by atoms with E-state index in [4.69, 9.17) is 15.6 Å². The van der Waals surface area contributed by atoms with Crippen LogP contribution >= 0.6 is 11.3 Å². The first kappa shape index (κ1) is 15.1. The fraction of sp³-hybridized carbons (Fsp3) is 0.364. The number of thiophene rings is 1. The first-order valence-corrected chi connectivity index (χ1v) is 6.36. The van der Waals surface area contributed by atoms with Gasteiger partial charge in [-0.1, -0.05) is 0 Å². The maximum atomic E-state index is 11.6. The van der Waals surface area contributed by atoms with Gasteiger partial charge in [0.05, 0.1) is 24.6 Å². The van der Waals surface area contributed by atoms with Gasteiger partial charge < -0.3 is 20.9 Å². The van der Waals surface area contributed by atoms with Crippen LogP contribution in [0.5, 0.6) is 0 Å². The van der Waals surface area contributed by atoms with Crippen molar-refractivity contribution < 1.29 is 24.2 Å². The number of carbonyl (C=O) groups excluding carboxylic acids is 2. The van der Waals surface area contributed by atoms with E-state index in [1.54, 1.807) is 12.3 Å². The molecule has 0 aliphatic heterocycles. The first-order chi connectivity index (χ1) is 8.95. The second-order valence-corrected chi connectivity index (χ2v) is 4.49. The van der Waals surface area contributed by atoms with Gasteiger partial charge in [-0.15, -0.1) is 11.3 Å². The molecule has 0 saturated heterocycles. The van der Waals surface area contributed by atoms with Gasteiger partial charge in [-0.05, 0) is 18.4 Å². The Bertz CT molecular complexity index is 485. The third kappa shape index (κ3) is 4.34. The van der Waals surface area contributed by atoms with Crippen LogP contribution in [-0.2, 0) is 14.3 Å². The van der Waals surface area contributed by atoms with Gasteiger partial charge in [-0.25, -0.2) is 4.79 Å². The summed E-state index contributed by atoms with van der Waals surface area (Å²) in [6.45, 7) is 1.89. The molecule has 0 spiro atoms. The zero-order chi connectivity index (χ0) is 14.4. The Hall–Kier alpha value is -1.93. The van der Waals surface area contributed by atoms with E-state index in [0.717, 1.165) is 11.3 Å². The summed E-state index contributed by atoms with van der Waals surface area (Å²) in [4.78, 5) is 33.6. The van der Waals surface area contributed by atoms with Crippen molar-refractivity contribution in [3.05, 3.63) is 17.0 Å². The second-order valence-electron chi connectivity index (χ2n) is 3.58. The van der Waals surface area contributed by atoms with Crippen molar-refractivity contribution in [2.24, 2.45) is 5.73 Å². The molecule has 104 valence electrons.